The van der Waals surface area contributed by atoms with E-state index in [-0.39, 0.29) is 0 Å². The third-order valence-corrected chi connectivity index (χ3v) is 4.13. The lowest BCUT2D eigenvalue weighted by atomic mass is 9.83. The summed E-state index contributed by atoms with van der Waals surface area (Å²) in [5, 5.41) is 15.6. The summed E-state index contributed by atoms with van der Waals surface area (Å²) in [5.74, 6) is 1.92. The summed E-state index contributed by atoms with van der Waals surface area (Å²) in [7, 11) is 0. The zero-order valence-corrected chi connectivity index (χ0v) is 12.3. The van der Waals surface area contributed by atoms with E-state index in [1.54, 1.807) is 0 Å². The van der Waals surface area contributed by atoms with Crippen LogP contribution in [0, 0.1) is 5.92 Å². The van der Waals surface area contributed by atoms with E-state index in [0.717, 1.165) is 31.3 Å². The van der Waals surface area contributed by atoms with Gasteiger partial charge in [0, 0.05) is 0 Å². The van der Waals surface area contributed by atoms with Crippen LogP contribution in [-0.4, -0.2) is 26.8 Å². The summed E-state index contributed by atoms with van der Waals surface area (Å²) in [4.78, 5) is 0. The van der Waals surface area contributed by atoms with Crippen molar-refractivity contribution in [1.29, 1.82) is 0 Å². The second-order valence-electron chi connectivity index (χ2n) is 5.68. The van der Waals surface area contributed by atoms with Crippen molar-refractivity contribution in [3.05, 3.63) is 5.82 Å². The molecular weight excluding hydrogens is 238 g/mol. The Balaban J connectivity index is 1.87. The largest absolute Gasteiger partial charge is 0.310 e. The first-order chi connectivity index (χ1) is 9.35. The van der Waals surface area contributed by atoms with Crippen LogP contribution in [0.3, 0.4) is 0 Å². The summed E-state index contributed by atoms with van der Waals surface area (Å²) >= 11 is 0. The van der Waals surface area contributed by atoms with Crippen molar-refractivity contribution < 1.29 is 0 Å². The van der Waals surface area contributed by atoms with E-state index >= 15 is 0 Å². The fourth-order valence-corrected chi connectivity index (χ4v) is 3.08. The minimum atomic E-state index is 0.515. The molecule has 2 rings (SSSR count). The standard InChI is InChI=1S/C14H27N5/c1-3-5-12-6-8-13(9-7-12)19-14(16-17-18-19)11-15-10-4-2/h12-13,15H,3-11H2,1-2H3. The number of tetrazole rings is 1. The Kier molecular flexibility index (Phi) is 5.76. The fraction of sp³-hybridized carbons (Fsp3) is 0.929. The molecule has 5 heteroatoms. The lowest BCUT2D eigenvalue weighted by Gasteiger charge is -2.28. The molecule has 0 bridgehead atoms. The molecule has 108 valence electrons. The van der Waals surface area contributed by atoms with Gasteiger partial charge in [0.2, 0.25) is 0 Å². The Hall–Kier alpha value is -0.970. The maximum Gasteiger partial charge on any atom is 0.165 e. The van der Waals surface area contributed by atoms with Crippen molar-refractivity contribution in [2.24, 2.45) is 5.92 Å². The van der Waals surface area contributed by atoms with Gasteiger partial charge in [-0.15, -0.1) is 5.10 Å². The van der Waals surface area contributed by atoms with Crippen molar-refractivity contribution in [2.45, 2.75) is 71.4 Å². The Morgan fingerprint density at radius 1 is 1.16 bits per heavy atom. The van der Waals surface area contributed by atoms with Gasteiger partial charge in [-0.1, -0.05) is 26.7 Å². The lowest BCUT2D eigenvalue weighted by Crippen LogP contribution is -2.24. The normalized spacial score (nSPS) is 23.7. The Morgan fingerprint density at radius 3 is 2.63 bits per heavy atom. The summed E-state index contributed by atoms with van der Waals surface area (Å²) in [5.41, 5.74) is 0. The predicted octanol–water partition coefficient (Wildman–Crippen LogP) is 2.70. The first kappa shape index (κ1) is 14.4. The number of hydrogen-bond donors (Lipinski definition) is 1. The quantitative estimate of drug-likeness (QED) is 0.770. The van der Waals surface area contributed by atoms with Crippen LogP contribution >= 0.6 is 0 Å². The first-order valence-corrected chi connectivity index (χ1v) is 7.82. The van der Waals surface area contributed by atoms with Crippen molar-refractivity contribution >= 4 is 0 Å². The molecule has 1 aromatic heterocycles. The van der Waals surface area contributed by atoms with Gasteiger partial charge in [-0.3, -0.25) is 0 Å². The average Bonchev–Trinajstić information content (AvgIpc) is 2.89. The Labute approximate surface area is 116 Å². The lowest BCUT2D eigenvalue weighted by molar-refractivity contribution is 0.243. The van der Waals surface area contributed by atoms with E-state index in [9.17, 15) is 0 Å². The second kappa shape index (κ2) is 7.58. The Morgan fingerprint density at radius 2 is 1.95 bits per heavy atom. The van der Waals surface area contributed by atoms with Crippen LogP contribution in [0.25, 0.3) is 0 Å². The average molecular weight is 265 g/mol. The van der Waals surface area contributed by atoms with E-state index in [1.165, 1.54) is 38.5 Å². The highest BCUT2D eigenvalue weighted by atomic mass is 15.6. The van der Waals surface area contributed by atoms with Gasteiger partial charge in [-0.05, 0) is 55.0 Å². The molecule has 1 aliphatic carbocycles. The maximum atomic E-state index is 4.21. The van der Waals surface area contributed by atoms with Crippen molar-refractivity contribution in [3.8, 4) is 0 Å². The molecule has 0 saturated heterocycles. The molecule has 5 nitrogen and oxygen atoms in total. The van der Waals surface area contributed by atoms with Crippen LogP contribution in [0.1, 0.15) is 70.7 Å². The van der Waals surface area contributed by atoms with Crippen LogP contribution < -0.4 is 5.32 Å². The zero-order chi connectivity index (χ0) is 13.5. The summed E-state index contributed by atoms with van der Waals surface area (Å²) < 4.78 is 2.06. The van der Waals surface area contributed by atoms with Gasteiger partial charge in [0.05, 0.1) is 12.6 Å². The molecule has 0 aliphatic heterocycles. The van der Waals surface area contributed by atoms with E-state index in [4.69, 9.17) is 0 Å². The highest BCUT2D eigenvalue weighted by Gasteiger charge is 2.24. The zero-order valence-electron chi connectivity index (χ0n) is 12.3. The highest BCUT2D eigenvalue weighted by molar-refractivity contribution is 4.86. The van der Waals surface area contributed by atoms with Crippen LogP contribution in [0.5, 0.6) is 0 Å². The molecule has 0 radical (unpaired) electrons. The molecular formula is C14H27N5. The van der Waals surface area contributed by atoms with E-state index in [0.29, 0.717) is 6.04 Å². The summed E-state index contributed by atoms with van der Waals surface area (Å²) in [6.45, 7) is 6.27. The van der Waals surface area contributed by atoms with Gasteiger partial charge in [0.25, 0.3) is 0 Å². The van der Waals surface area contributed by atoms with E-state index in [2.05, 4.69) is 39.4 Å². The Bertz CT molecular complexity index is 354. The van der Waals surface area contributed by atoms with Gasteiger partial charge in [-0.2, -0.15) is 0 Å². The third kappa shape index (κ3) is 4.00. The van der Waals surface area contributed by atoms with E-state index in [1.807, 2.05) is 0 Å². The molecule has 1 fully saturated rings. The number of aromatic nitrogens is 4. The smallest absolute Gasteiger partial charge is 0.165 e. The molecule has 0 unspecified atom stereocenters. The highest BCUT2D eigenvalue weighted by Crippen LogP contribution is 2.34. The number of hydrogen-bond acceptors (Lipinski definition) is 4. The third-order valence-electron chi connectivity index (χ3n) is 4.13. The molecule has 0 aromatic carbocycles. The molecule has 0 amide bonds. The topological polar surface area (TPSA) is 55.6 Å². The molecule has 0 spiro atoms. The molecule has 19 heavy (non-hydrogen) atoms. The van der Waals surface area contributed by atoms with Gasteiger partial charge >= 0.3 is 0 Å². The molecule has 1 aliphatic rings. The van der Waals surface area contributed by atoms with Crippen LogP contribution in [-0.2, 0) is 6.54 Å². The first-order valence-electron chi connectivity index (χ1n) is 7.82. The van der Waals surface area contributed by atoms with Crippen LogP contribution in [0.2, 0.25) is 0 Å². The molecule has 1 N–H and O–H groups in total. The summed E-state index contributed by atoms with van der Waals surface area (Å²) in [6, 6.07) is 0.515. The van der Waals surface area contributed by atoms with Gasteiger partial charge in [0.1, 0.15) is 0 Å². The van der Waals surface area contributed by atoms with Crippen molar-refractivity contribution in [2.75, 3.05) is 6.54 Å². The SMILES string of the molecule is CCCNCc1nnnn1C1CCC(CCC)CC1. The van der Waals surface area contributed by atoms with Gasteiger partial charge in [0.15, 0.2) is 5.82 Å². The molecule has 1 saturated carbocycles. The summed E-state index contributed by atoms with van der Waals surface area (Å²) in [6.07, 6.45) is 8.97. The second-order valence-corrected chi connectivity index (χ2v) is 5.68. The van der Waals surface area contributed by atoms with Crippen molar-refractivity contribution in [3.63, 3.8) is 0 Å². The minimum Gasteiger partial charge on any atom is -0.310 e. The monoisotopic (exact) mass is 265 g/mol. The number of rotatable bonds is 7. The van der Waals surface area contributed by atoms with Gasteiger partial charge < -0.3 is 5.32 Å². The van der Waals surface area contributed by atoms with Crippen molar-refractivity contribution in [1.82, 2.24) is 25.5 Å². The van der Waals surface area contributed by atoms with Crippen LogP contribution in [0.4, 0.5) is 0 Å². The van der Waals surface area contributed by atoms with Crippen LogP contribution in [0.15, 0.2) is 0 Å². The number of nitrogens with zero attached hydrogens (tertiary/aromatic N) is 4. The maximum absolute atomic E-state index is 4.21. The minimum absolute atomic E-state index is 0.515. The predicted molar refractivity (Wildman–Crippen MR) is 75.7 cm³/mol. The molecule has 1 aromatic rings. The van der Waals surface area contributed by atoms with E-state index < -0.39 is 0 Å². The van der Waals surface area contributed by atoms with Gasteiger partial charge in [-0.25, -0.2) is 4.68 Å². The fourth-order valence-electron chi connectivity index (χ4n) is 3.08. The molecule has 1 heterocycles. The molecule has 0 atom stereocenters. The number of nitrogens with one attached hydrogen (secondary N) is 1.